The number of aromatic nitrogens is 2. The Hall–Kier alpha value is -1.43. The molecule has 0 aliphatic heterocycles. The highest BCUT2D eigenvalue weighted by atomic mass is 79.9. The normalized spacial score (nSPS) is 11.6. The molecule has 0 amide bonds. The van der Waals surface area contributed by atoms with Crippen LogP contribution in [0.1, 0.15) is 11.3 Å². The molecule has 1 aromatic heterocycles. The Morgan fingerprint density at radius 3 is 2.22 bits per heavy atom. The van der Waals surface area contributed by atoms with Crippen molar-refractivity contribution in [2.24, 2.45) is 0 Å². The summed E-state index contributed by atoms with van der Waals surface area (Å²) >= 11 is 2.89. The highest BCUT2D eigenvalue weighted by Gasteiger charge is 2.33. The quantitative estimate of drug-likeness (QED) is 0.736. The summed E-state index contributed by atoms with van der Waals surface area (Å²) in [4.78, 5) is 7.28. The molecule has 0 atom stereocenters. The summed E-state index contributed by atoms with van der Waals surface area (Å²) in [5.74, 6) is 0. The first kappa shape index (κ1) is 13.0. The number of rotatable bonds is 1. The molecule has 0 radical (unpaired) electrons. The maximum Gasteiger partial charge on any atom is 0.433 e. The zero-order valence-corrected chi connectivity index (χ0v) is 10.9. The topological polar surface area (TPSA) is 25.8 Å². The van der Waals surface area contributed by atoms with Crippen LogP contribution >= 0.6 is 15.9 Å². The minimum Gasteiger partial charge on any atom is -0.222 e. The van der Waals surface area contributed by atoms with Crippen molar-refractivity contribution in [3.63, 3.8) is 0 Å². The summed E-state index contributed by atoms with van der Waals surface area (Å²) in [6.45, 7) is 1.90. The van der Waals surface area contributed by atoms with E-state index in [4.69, 9.17) is 0 Å². The molecule has 94 valence electrons. The standard InChI is InChI=1S/C12H8BrF3N2/c1-7-2-4-8(5-3-7)9-6-10(12(14,15)16)18-11(13)17-9/h2-6H,1H3. The van der Waals surface area contributed by atoms with Gasteiger partial charge in [-0.05, 0) is 28.9 Å². The van der Waals surface area contributed by atoms with Crippen LogP contribution in [-0.2, 0) is 6.18 Å². The van der Waals surface area contributed by atoms with Gasteiger partial charge in [-0.15, -0.1) is 0 Å². The van der Waals surface area contributed by atoms with Gasteiger partial charge < -0.3 is 0 Å². The minimum atomic E-state index is -4.48. The van der Waals surface area contributed by atoms with Crippen LogP contribution in [0.4, 0.5) is 13.2 Å². The van der Waals surface area contributed by atoms with Gasteiger partial charge >= 0.3 is 6.18 Å². The van der Waals surface area contributed by atoms with Crippen molar-refractivity contribution in [2.45, 2.75) is 13.1 Å². The molecular formula is C12H8BrF3N2. The third kappa shape index (κ3) is 2.87. The summed E-state index contributed by atoms with van der Waals surface area (Å²) < 4.78 is 37.8. The van der Waals surface area contributed by atoms with Crippen LogP contribution in [0.2, 0.25) is 0 Å². The van der Waals surface area contributed by atoms with E-state index < -0.39 is 11.9 Å². The van der Waals surface area contributed by atoms with Crippen LogP contribution in [0, 0.1) is 6.92 Å². The Morgan fingerprint density at radius 1 is 1.06 bits per heavy atom. The van der Waals surface area contributed by atoms with Gasteiger partial charge in [-0.1, -0.05) is 29.8 Å². The number of halogens is 4. The Morgan fingerprint density at radius 2 is 1.67 bits per heavy atom. The fourth-order valence-electron chi connectivity index (χ4n) is 1.44. The third-order valence-corrected chi connectivity index (χ3v) is 2.69. The molecule has 0 saturated heterocycles. The van der Waals surface area contributed by atoms with Crippen LogP contribution in [0.3, 0.4) is 0 Å². The molecule has 0 N–H and O–H groups in total. The van der Waals surface area contributed by atoms with Crippen molar-refractivity contribution in [1.82, 2.24) is 9.97 Å². The van der Waals surface area contributed by atoms with Crippen LogP contribution in [0.25, 0.3) is 11.3 Å². The predicted octanol–water partition coefficient (Wildman–Crippen LogP) is 4.23. The van der Waals surface area contributed by atoms with E-state index in [-0.39, 0.29) is 10.4 Å². The second-order valence-electron chi connectivity index (χ2n) is 3.77. The molecule has 0 aliphatic rings. The van der Waals surface area contributed by atoms with Crippen LogP contribution in [-0.4, -0.2) is 9.97 Å². The smallest absolute Gasteiger partial charge is 0.222 e. The molecule has 6 heteroatoms. The summed E-state index contributed by atoms with van der Waals surface area (Å²) in [7, 11) is 0. The Kier molecular flexibility index (Phi) is 3.38. The second-order valence-corrected chi connectivity index (χ2v) is 4.48. The van der Waals surface area contributed by atoms with Gasteiger partial charge in [0.1, 0.15) is 5.69 Å². The molecular weight excluding hydrogens is 309 g/mol. The first-order valence-corrected chi connectivity index (χ1v) is 5.84. The molecule has 2 aromatic rings. The zero-order valence-electron chi connectivity index (χ0n) is 9.29. The largest absolute Gasteiger partial charge is 0.433 e. The second kappa shape index (κ2) is 4.68. The molecule has 2 rings (SSSR count). The van der Waals surface area contributed by atoms with E-state index in [0.29, 0.717) is 5.56 Å². The van der Waals surface area contributed by atoms with Gasteiger partial charge in [0, 0.05) is 5.56 Å². The van der Waals surface area contributed by atoms with Gasteiger partial charge in [0.2, 0.25) is 0 Å². The molecule has 1 aromatic carbocycles. The van der Waals surface area contributed by atoms with Gasteiger partial charge in [0.25, 0.3) is 0 Å². The fourth-order valence-corrected chi connectivity index (χ4v) is 1.82. The van der Waals surface area contributed by atoms with Crippen LogP contribution < -0.4 is 0 Å². The zero-order chi connectivity index (χ0) is 13.3. The monoisotopic (exact) mass is 316 g/mol. The summed E-state index contributed by atoms with van der Waals surface area (Å²) in [5.41, 5.74) is 0.932. The van der Waals surface area contributed by atoms with Gasteiger partial charge in [0.05, 0.1) is 5.69 Å². The van der Waals surface area contributed by atoms with Gasteiger partial charge in [-0.3, -0.25) is 0 Å². The number of nitrogens with zero attached hydrogens (tertiary/aromatic N) is 2. The van der Waals surface area contributed by atoms with E-state index in [1.54, 1.807) is 12.1 Å². The average Bonchev–Trinajstić information content (AvgIpc) is 2.28. The lowest BCUT2D eigenvalue weighted by atomic mass is 10.1. The number of hydrogen-bond donors (Lipinski definition) is 0. The molecule has 0 saturated carbocycles. The lowest BCUT2D eigenvalue weighted by Gasteiger charge is -2.08. The number of benzene rings is 1. The van der Waals surface area contributed by atoms with E-state index in [0.717, 1.165) is 11.6 Å². The summed E-state index contributed by atoms with van der Waals surface area (Å²) in [6.07, 6.45) is -4.48. The lowest BCUT2D eigenvalue weighted by Crippen LogP contribution is -2.09. The molecule has 18 heavy (non-hydrogen) atoms. The van der Waals surface area contributed by atoms with Crippen molar-refractivity contribution < 1.29 is 13.2 Å². The molecule has 0 bridgehead atoms. The maximum absolute atomic E-state index is 12.6. The fraction of sp³-hybridized carbons (Fsp3) is 0.167. The number of alkyl halides is 3. The van der Waals surface area contributed by atoms with E-state index in [9.17, 15) is 13.2 Å². The molecule has 2 nitrogen and oxygen atoms in total. The highest BCUT2D eigenvalue weighted by molar-refractivity contribution is 9.10. The van der Waals surface area contributed by atoms with Crippen molar-refractivity contribution in [1.29, 1.82) is 0 Å². The summed E-state index contributed by atoms with van der Waals surface area (Å²) in [5, 5.41) is 0. The van der Waals surface area contributed by atoms with E-state index >= 15 is 0 Å². The predicted molar refractivity (Wildman–Crippen MR) is 64.9 cm³/mol. The molecule has 1 heterocycles. The van der Waals surface area contributed by atoms with E-state index in [2.05, 4.69) is 25.9 Å². The van der Waals surface area contributed by atoms with Crippen molar-refractivity contribution >= 4 is 15.9 Å². The van der Waals surface area contributed by atoms with Gasteiger partial charge in [-0.25, -0.2) is 9.97 Å². The molecule has 0 spiro atoms. The highest BCUT2D eigenvalue weighted by Crippen LogP contribution is 2.31. The lowest BCUT2D eigenvalue weighted by molar-refractivity contribution is -0.141. The van der Waals surface area contributed by atoms with Crippen molar-refractivity contribution in [3.8, 4) is 11.3 Å². The maximum atomic E-state index is 12.6. The minimum absolute atomic E-state index is 0.0760. The van der Waals surface area contributed by atoms with Crippen molar-refractivity contribution in [3.05, 3.63) is 46.3 Å². The Balaban J connectivity index is 2.52. The summed E-state index contributed by atoms with van der Waals surface area (Å²) in [6, 6.07) is 8.03. The first-order chi connectivity index (χ1) is 8.36. The van der Waals surface area contributed by atoms with Crippen LogP contribution in [0.5, 0.6) is 0 Å². The molecule has 0 aliphatic carbocycles. The van der Waals surface area contributed by atoms with Crippen LogP contribution in [0.15, 0.2) is 35.1 Å². The van der Waals surface area contributed by atoms with E-state index in [1.165, 1.54) is 0 Å². The van der Waals surface area contributed by atoms with Gasteiger partial charge in [-0.2, -0.15) is 13.2 Å². The SMILES string of the molecule is Cc1ccc(-c2cc(C(F)(F)F)nc(Br)n2)cc1. The third-order valence-electron chi connectivity index (χ3n) is 2.34. The molecule has 0 fully saturated rings. The Labute approximate surface area is 110 Å². The number of hydrogen-bond acceptors (Lipinski definition) is 2. The van der Waals surface area contributed by atoms with Crippen molar-refractivity contribution in [2.75, 3.05) is 0 Å². The average molecular weight is 317 g/mol. The Bertz CT molecular complexity index is 565. The molecule has 0 unspecified atom stereocenters. The van der Waals surface area contributed by atoms with Gasteiger partial charge in [0.15, 0.2) is 4.73 Å². The first-order valence-electron chi connectivity index (χ1n) is 5.05. The number of aryl methyl sites for hydroxylation is 1. The van der Waals surface area contributed by atoms with E-state index in [1.807, 2.05) is 19.1 Å².